The Morgan fingerprint density at radius 1 is 1.00 bits per heavy atom. The third-order valence-electron chi connectivity index (χ3n) is 5.63. The van der Waals surface area contributed by atoms with Crippen LogP contribution in [0.5, 0.6) is 11.5 Å². The van der Waals surface area contributed by atoms with Gasteiger partial charge in [0.05, 0.1) is 29.4 Å². The van der Waals surface area contributed by atoms with Gasteiger partial charge in [0.25, 0.3) is 0 Å². The highest BCUT2D eigenvalue weighted by Gasteiger charge is 2.13. The average Bonchev–Trinajstić information content (AvgIpc) is 3.29. The van der Waals surface area contributed by atoms with Crippen LogP contribution in [0.4, 0.5) is 11.5 Å². The molecule has 37 heavy (non-hydrogen) atoms. The number of carbonyl (C=O) groups excluding carboxylic acids is 1. The minimum Gasteiger partial charge on any atom is -0.507 e. The Hall–Kier alpha value is -4.37. The molecular weight excluding hydrogens is 534 g/mol. The molecule has 0 bridgehead atoms. The van der Waals surface area contributed by atoms with Gasteiger partial charge >= 0.3 is 0 Å². The van der Waals surface area contributed by atoms with Crippen molar-refractivity contribution in [3.05, 3.63) is 101 Å². The van der Waals surface area contributed by atoms with Crippen molar-refractivity contribution in [3.8, 4) is 22.8 Å². The molecule has 5 rings (SSSR count). The van der Waals surface area contributed by atoms with E-state index >= 15 is 0 Å². The number of carbonyl (C=O) groups is 1. The Morgan fingerprint density at radius 3 is 2.65 bits per heavy atom. The van der Waals surface area contributed by atoms with Gasteiger partial charge in [-0.05, 0) is 57.9 Å². The molecule has 0 saturated carbocycles. The number of ether oxygens (including phenoxy) is 1. The number of nitrogens with one attached hydrogen (secondary N) is 2. The molecule has 0 spiro atoms. The van der Waals surface area contributed by atoms with Crippen LogP contribution in [-0.4, -0.2) is 32.2 Å². The highest BCUT2D eigenvalue weighted by Crippen LogP contribution is 2.31. The van der Waals surface area contributed by atoms with Crippen molar-refractivity contribution in [3.63, 3.8) is 0 Å². The number of aromatic nitrogens is 3. The van der Waals surface area contributed by atoms with Gasteiger partial charge < -0.3 is 20.5 Å². The summed E-state index contributed by atoms with van der Waals surface area (Å²) in [6.45, 7) is 0.783. The lowest BCUT2D eigenvalue weighted by atomic mass is 10.1. The monoisotopic (exact) mass is 557 g/mol. The van der Waals surface area contributed by atoms with Crippen molar-refractivity contribution >= 4 is 39.0 Å². The Morgan fingerprint density at radius 2 is 1.81 bits per heavy atom. The summed E-state index contributed by atoms with van der Waals surface area (Å²) in [6.07, 6.45) is 1.93. The van der Waals surface area contributed by atoms with Gasteiger partial charge in [-0.3, -0.25) is 4.79 Å². The number of amides is 1. The van der Waals surface area contributed by atoms with Gasteiger partial charge in [-0.2, -0.15) is 9.61 Å². The number of nitrogens with zero attached hydrogens (tertiary/aromatic N) is 3. The normalized spacial score (nSPS) is 10.8. The highest BCUT2D eigenvalue weighted by molar-refractivity contribution is 9.10. The van der Waals surface area contributed by atoms with Crippen LogP contribution in [0.15, 0.2) is 95.6 Å². The third-order valence-corrected chi connectivity index (χ3v) is 6.19. The van der Waals surface area contributed by atoms with E-state index in [0.717, 1.165) is 15.8 Å². The molecule has 2 aromatic heterocycles. The summed E-state index contributed by atoms with van der Waals surface area (Å²) in [6, 6.07) is 26.0. The summed E-state index contributed by atoms with van der Waals surface area (Å²) < 4.78 is 8.05. The molecule has 9 heteroatoms. The van der Waals surface area contributed by atoms with Crippen LogP contribution >= 0.6 is 15.9 Å². The van der Waals surface area contributed by atoms with Crippen LogP contribution in [0.1, 0.15) is 12.0 Å². The molecular formula is C28H24BrN5O3. The Balaban J connectivity index is 1.26. The fourth-order valence-electron chi connectivity index (χ4n) is 3.84. The lowest BCUT2D eigenvalue weighted by Crippen LogP contribution is -2.15. The number of anilines is 2. The number of para-hydroxylation sites is 2. The summed E-state index contributed by atoms with van der Waals surface area (Å²) in [7, 11) is 0. The van der Waals surface area contributed by atoms with Crippen molar-refractivity contribution in [1.82, 2.24) is 14.6 Å². The van der Waals surface area contributed by atoms with Crippen LogP contribution in [0.2, 0.25) is 0 Å². The molecule has 186 valence electrons. The number of phenolic OH excluding ortho intramolecular Hbond substituents is 1. The first-order chi connectivity index (χ1) is 18.1. The lowest BCUT2D eigenvalue weighted by Gasteiger charge is -2.13. The largest absolute Gasteiger partial charge is 0.507 e. The fourth-order valence-corrected chi connectivity index (χ4v) is 4.19. The minimum atomic E-state index is -0.120. The maximum absolute atomic E-state index is 12.4. The smallest absolute Gasteiger partial charge is 0.227 e. The predicted octanol–water partition coefficient (Wildman–Crippen LogP) is 5.88. The second-order valence-electron chi connectivity index (χ2n) is 8.29. The molecule has 0 aliphatic carbocycles. The standard InChI is InChI=1S/C28H24BrN5O3/c29-23-18-31-34-26(16-24(33-28(23)34)22-11-4-5-12-25(22)35)30-17-19-7-6-8-20(15-19)32-27(36)13-14-37-21-9-2-1-3-10-21/h1-12,15-16,18,30,35H,13-14,17H2,(H,32,36). The first kappa shape index (κ1) is 24.3. The van der Waals surface area contributed by atoms with Crippen LogP contribution in [0.25, 0.3) is 16.9 Å². The van der Waals surface area contributed by atoms with Gasteiger partial charge in [0.2, 0.25) is 5.91 Å². The number of aromatic hydroxyl groups is 1. The number of halogens is 1. The lowest BCUT2D eigenvalue weighted by molar-refractivity contribution is -0.116. The summed E-state index contributed by atoms with van der Waals surface area (Å²) in [5.74, 6) is 1.48. The highest BCUT2D eigenvalue weighted by atomic mass is 79.9. The second-order valence-corrected chi connectivity index (χ2v) is 9.14. The number of rotatable bonds is 9. The van der Waals surface area contributed by atoms with E-state index in [0.29, 0.717) is 41.6 Å². The van der Waals surface area contributed by atoms with Gasteiger partial charge in [-0.25, -0.2) is 4.98 Å². The van der Waals surface area contributed by atoms with Crippen molar-refractivity contribution in [2.45, 2.75) is 13.0 Å². The molecule has 8 nitrogen and oxygen atoms in total. The predicted molar refractivity (Wildman–Crippen MR) is 147 cm³/mol. The number of benzene rings is 3. The Labute approximate surface area is 222 Å². The maximum Gasteiger partial charge on any atom is 0.227 e. The molecule has 0 aliphatic heterocycles. The number of fused-ring (bicyclic) bond motifs is 1. The van der Waals surface area contributed by atoms with E-state index in [1.54, 1.807) is 22.8 Å². The SMILES string of the molecule is O=C(CCOc1ccccc1)Nc1cccc(CNc2cc(-c3ccccc3O)nc3c(Br)cnn23)c1. The van der Waals surface area contributed by atoms with Crippen molar-refractivity contribution in [2.24, 2.45) is 0 Å². The van der Waals surface area contributed by atoms with E-state index in [4.69, 9.17) is 4.74 Å². The zero-order chi connectivity index (χ0) is 25.6. The quantitative estimate of drug-likeness (QED) is 0.209. The zero-order valence-corrected chi connectivity index (χ0v) is 21.4. The Bertz CT molecular complexity index is 1540. The van der Waals surface area contributed by atoms with Gasteiger partial charge in [0.1, 0.15) is 17.3 Å². The van der Waals surface area contributed by atoms with Crippen LogP contribution in [0, 0.1) is 0 Å². The number of hydrogen-bond acceptors (Lipinski definition) is 6. The molecule has 0 radical (unpaired) electrons. The van der Waals surface area contributed by atoms with E-state index < -0.39 is 0 Å². The molecule has 0 aliphatic rings. The maximum atomic E-state index is 12.4. The van der Waals surface area contributed by atoms with Gasteiger partial charge in [-0.15, -0.1) is 0 Å². The van der Waals surface area contributed by atoms with Crippen molar-refractivity contribution < 1.29 is 14.6 Å². The first-order valence-electron chi connectivity index (χ1n) is 11.7. The van der Waals surface area contributed by atoms with Gasteiger partial charge in [0.15, 0.2) is 5.65 Å². The van der Waals surface area contributed by atoms with E-state index in [1.807, 2.05) is 72.8 Å². The van der Waals surface area contributed by atoms with E-state index in [9.17, 15) is 9.90 Å². The third kappa shape index (κ3) is 5.90. The summed E-state index contributed by atoms with van der Waals surface area (Å²) >= 11 is 3.50. The molecule has 0 fully saturated rings. The zero-order valence-electron chi connectivity index (χ0n) is 19.8. The minimum absolute atomic E-state index is 0.120. The van der Waals surface area contributed by atoms with Crippen molar-refractivity contribution in [2.75, 3.05) is 17.2 Å². The van der Waals surface area contributed by atoms with E-state index in [2.05, 4.69) is 36.6 Å². The molecule has 0 atom stereocenters. The fraction of sp³-hybridized carbons (Fsp3) is 0.107. The van der Waals surface area contributed by atoms with Crippen LogP contribution in [-0.2, 0) is 11.3 Å². The summed E-state index contributed by atoms with van der Waals surface area (Å²) in [5, 5.41) is 21.1. The average molecular weight is 558 g/mol. The molecule has 0 saturated heterocycles. The molecule has 2 heterocycles. The Kier molecular flexibility index (Phi) is 7.32. The molecule has 3 N–H and O–H groups in total. The van der Waals surface area contributed by atoms with Crippen LogP contribution in [0.3, 0.4) is 0 Å². The summed E-state index contributed by atoms with van der Waals surface area (Å²) in [5.41, 5.74) is 3.55. The van der Waals surface area contributed by atoms with Gasteiger partial charge in [-0.1, -0.05) is 42.5 Å². The van der Waals surface area contributed by atoms with Gasteiger partial charge in [0, 0.05) is 23.9 Å². The van der Waals surface area contributed by atoms with E-state index in [1.165, 1.54) is 0 Å². The first-order valence-corrected chi connectivity index (χ1v) is 12.5. The number of hydrogen-bond donors (Lipinski definition) is 3. The second kappa shape index (κ2) is 11.1. The van der Waals surface area contributed by atoms with Crippen LogP contribution < -0.4 is 15.4 Å². The molecule has 1 amide bonds. The molecule has 0 unspecified atom stereocenters. The molecule has 5 aromatic rings. The topological polar surface area (TPSA) is 101 Å². The number of phenols is 1. The molecule has 3 aromatic carbocycles. The van der Waals surface area contributed by atoms with E-state index in [-0.39, 0.29) is 18.1 Å². The van der Waals surface area contributed by atoms with Crippen molar-refractivity contribution in [1.29, 1.82) is 0 Å². The summed E-state index contributed by atoms with van der Waals surface area (Å²) in [4.78, 5) is 17.1.